The fourth-order valence-corrected chi connectivity index (χ4v) is 3.19. The Kier molecular flexibility index (Phi) is 3.24. The first kappa shape index (κ1) is 12.0. The van der Waals surface area contributed by atoms with Gasteiger partial charge in [-0.2, -0.15) is 0 Å². The van der Waals surface area contributed by atoms with Gasteiger partial charge in [0.1, 0.15) is 0 Å². The minimum atomic E-state index is 0.132. The standard InChI is InChI=1S/C14H20N2O2/c15-11-2-3-13-10(7-11)1-4-14(13)16-5-6-18-9-12(16)8-17/h2-3,7,12,14,17H,1,4-6,8-9,15H2. The van der Waals surface area contributed by atoms with Crippen LogP contribution in [0.1, 0.15) is 23.6 Å². The van der Waals surface area contributed by atoms with Crippen molar-refractivity contribution in [3.8, 4) is 0 Å². The molecule has 2 atom stereocenters. The molecule has 4 heteroatoms. The van der Waals surface area contributed by atoms with Crippen LogP contribution in [0.25, 0.3) is 0 Å². The van der Waals surface area contributed by atoms with Gasteiger partial charge in [0.2, 0.25) is 0 Å². The molecule has 18 heavy (non-hydrogen) atoms. The van der Waals surface area contributed by atoms with E-state index in [0.717, 1.165) is 31.7 Å². The van der Waals surface area contributed by atoms with Crippen LogP contribution >= 0.6 is 0 Å². The summed E-state index contributed by atoms with van der Waals surface area (Å²) in [5.74, 6) is 0. The molecule has 1 heterocycles. The lowest BCUT2D eigenvalue weighted by Crippen LogP contribution is -2.48. The fraction of sp³-hybridized carbons (Fsp3) is 0.571. The van der Waals surface area contributed by atoms with Crippen LogP contribution in [0, 0.1) is 0 Å². The second-order valence-corrected chi connectivity index (χ2v) is 5.16. The van der Waals surface area contributed by atoms with E-state index in [4.69, 9.17) is 10.5 Å². The van der Waals surface area contributed by atoms with E-state index in [1.165, 1.54) is 11.1 Å². The quantitative estimate of drug-likeness (QED) is 0.765. The zero-order valence-electron chi connectivity index (χ0n) is 10.5. The smallest absolute Gasteiger partial charge is 0.0645 e. The molecule has 0 amide bonds. The Balaban J connectivity index is 1.86. The van der Waals surface area contributed by atoms with Crippen molar-refractivity contribution in [1.82, 2.24) is 4.90 Å². The van der Waals surface area contributed by atoms with Gasteiger partial charge in [0.05, 0.1) is 25.9 Å². The van der Waals surface area contributed by atoms with Crippen molar-refractivity contribution in [1.29, 1.82) is 0 Å². The highest BCUT2D eigenvalue weighted by atomic mass is 16.5. The van der Waals surface area contributed by atoms with Crippen molar-refractivity contribution < 1.29 is 9.84 Å². The van der Waals surface area contributed by atoms with Crippen LogP contribution in [0.3, 0.4) is 0 Å². The highest BCUT2D eigenvalue weighted by Gasteiger charge is 2.33. The van der Waals surface area contributed by atoms with Crippen molar-refractivity contribution in [2.45, 2.75) is 24.9 Å². The summed E-state index contributed by atoms with van der Waals surface area (Å²) in [6.07, 6.45) is 2.20. The Morgan fingerprint density at radius 2 is 2.33 bits per heavy atom. The number of ether oxygens (including phenoxy) is 1. The summed E-state index contributed by atoms with van der Waals surface area (Å²) in [4.78, 5) is 2.39. The maximum absolute atomic E-state index is 9.47. The molecule has 0 aromatic heterocycles. The molecule has 0 saturated carbocycles. The van der Waals surface area contributed by atoms with Gasteiger partial charge in [-0.15, -0.1) is 0 Å². The lowest BCUT2D eigenvalue weighted by Gasteiger charge is -2.39. The molecule has 1 aromatic rings. The highest BCUT2D eigenvalue weighted by molar-refractivity contribution is 5.47. The molecule has 3 rings (SSSR count). The number of benzene rings is 1. The Hall–Kier alpha value is -1.10. The summed E-state index contributed by atoms with van der Waals surface area (Å²) in [7, 11) is 0. The van der Waals surface area contributed by atoms with Crippen LogP contribution < -0.4 is 5.73 Å². The number of nitrogen functional groups attached to an aromatic ring is 1. The van der Waals surface area contributed by atoms with Crippen molar-refractivity contribution in [3.05, 3.63) is 29.3 Å². The third-order valence-corrected chi connectivity index (χ3v) is 4.10. The van der Waals surface area contributed by atoms with Gasteiger partial charge >= 0.3 is 0 Å². The van der Waals surface area contributed by atoms with Crippen molar-refractivity contribution in [2.75, 3.05) is 32.1 Å². The molecule has 98 valence electrons. The Morgan fingerprint density at radius 3 is 3.17 bits per heavy atom. The fourth-order valence-electron chi connectivity index (χ4n) is 3.19. The third kappa shape index (κ3) is 2.00. The van der Waals surface area contributed by atoms with Crippen molar-refractivity contribution in [3.63, 3.8) is 0 Å². The van der Waals surface area contributed by atoms with Gasteiger partial charge in [0.15, 0.2) is 0 Å². The van der Waals surface area contributed by atoms with Crippen LogP contribution in [0.15, 0.2) is 18.2 Å². The average Bonchev–Trinajstić information content (AvgIpc) is 2.81. The van der Waals surface area contributed by atoms with Gasteiger partial charge in [-0.1, -0.05) is 6.07 Å². The average molecular weight is 248 g/mol. The van der Waals surface area contributed by atoms with Crippen LogP contribution in [-0.2, 0) is 11.2 Å². The van der Waals surface area contributed by atoms with Gasteiger partial charge in [0, 0.05) is 18.3 Å². The van der Waals surface area contributed by atoms with Crippen molar-refractivity contribution >= 4 is 5.69 Å². The third-order valence-electron chi connectivity index (χ3n) is 4.10. The van der Waals surface area contributed by atoms with Crippen LogP contribution in [0.2, 0.25) is 0 Å². The molecule has 1 fully saturated rings. The summed E-state index contributed by atoms with van der Waals surface area (Å²) in [6.45, 7) is 2.47. The van der Waals surface area contributed by atoms with E-state index < -0.39 is 0 Å². The number of aliphatic hydroxyl groups is 1. The summed E-state index contributed by atoms with van der Waals surface area (Å²) >= 11 is 0. The molecule has 3 N–H and O–H groups in total. The van der Waals surface area contributed by atoms with E-state index >= 15 is 0 Å². The highest BCUT2D eigenvalue weighted by Crippen LogP contribution is 2.38. The molecule has 2 aliphatic rings. The first-order valence-corrected chi connectivity index (χ1v) is 6.62. The maximum Gasteiger partial charge on any atom is 0.0645 e. The monoisotopic (exact) mass is 248 g/mol. The number of hydrogen-bond acceptors (Lipinski definition) is 4. The molecule has 1 aromatic carbocycles. The molecule has 0 spiro atoms. The van der Waals surface area contributed by atoms with Gasteiger partial charge in [0.25, 0.3) is 0 Å². The summed E-state index contributed by atoms with van der Waals surface area (Å²) in [5.41, 5.74) is 9.42. The van der Waals surface area contributed by atoms with E-state index in [2.05, 4.69) is 17.0 Å². The number of hydrogen-bond donors (Lipinski definition) is 2. The molecule has 1 saturated heterocycles. The Morgan fingerprint density at radius 1 is 1.44 bits per heavy atom. The van der Waals surface area contributed by atoms with Crippen LogP contribution in [0.5, 0.6) is 0 Å². The van der Waals surface area contributed by atoms with Gasteiger partial charge < -0.3 is 15.6 Å². The zero-order valence-corrected chi connectivity index (χ0v) is 10.5. The lowest BCUT2D eigenvalue weighted by molar-refractivity contribution is -0.0476. The molecular formula is C14H20N2O2. The second-order valence-electron chi connectivity index (χ2n) is 5.16. The number of fused-ring (bicyclic) bond motifs is 1. The zero-order chi connectivity index (χ0) is 12.5. The topological polar surface area (TPSA) is 58.7 Å². The number of aryl methyl sites for hydroxylation is 1. The first-order chi connectivity index (χ1) is 8.79. The van der Waals surface area contributed by atoms with Gasteiger partial charge in [-0.25, -0.2) is 0 Å². The largest absolute Gasteiger partial charge is 0.399 e. The number of aliphatic hydroxyl groups excluding tert-OH is 1. The molecule has 2 unspecified atom stereocenters. The molecule has 4 nitrogen and oxygen atoms in total. The van der Waals surface area contributed by atoms with E-state index in [1.807, 2.05) is 6.07 Å². The van der Waals surface area contributed by atoms with E-state index in [1.54, 1.807) is 0 Å². The van der Waals surface area contributed by atoms with E-state index in [-0.39, 0.29) is 12.6 Å². The summed E-state index contributed by atoms with van der Waals surface area (Å²) in [5, 5.41) is 9.47. The summed E-state index contributed by atoms with van der Waals surface area (Å²) in [6, 6.07) is 6.76. The van der Waals surface area contributed by atoms with Crippen LogP contribution in [-0.4, -0.2) is 42.4 Å². The number of anilines is 1. The molecule has 0 bridgehead atoms. The molecule has 1 aliphatic carbocycles. The summed E-state index contributed by atoms with van der Waals surface area (Å²) < 4.78 is 5.45. The van der Waals surface area contributed by atoms with Gasteiger partial charge in [-0.05, 0) is 36.1 Å². The van der Waals surface area contributed by atoms with E-state index in [0.29, 0.717) is 12.6 Å². The first-order valence-electron chi connectivity index (χ1n) is 6.62. The molecule has 0 radical (unpaired) electrons. The Labute approximate surface area is 107 Å². The lowest BCUT2D eigenvalue weighted by atomic mass is 10.0. The minimum Gasteiger partial charge on any atom is -0.399 e. The minimum absolute atomic E-state index is 0.132. The predicted octanol–water partition coefficient (Wildman–Crippen LogP) is 0.949. The number of rotatable bonds is 2. The molecular weight excluding hydrogens is 228 g/mol. The normalized spacial score (nSPS) is 28.3. The maximum atomic E-state index is 9.47. The Bertz CT molecular complexity index is 436. The van der Waals surface area contributed by atoms with Crippen molar-refractivity contribution in [2.24, 2.45) is 0 Å². The number of nitrogens with two attached hydrogens (primary N) is 1. The SMILES string of the molecule is Nc1ccc2c(c1)CCC2N1CCOCC1CO. The van der Waals surface area contributed by atoms with E-state index in [9.17, 15) is 5.11 Å². The molecule has 1 aliphatic heterocycles. The predicted molar refractivity (Wildman–Crippen MR) is 70.3 cm³/mol. The van der Waals surface area contributed by atoms with Crippen LogP contribution in [0.4, 0.5) is 5.69 Å². The van der Waals surface area contributed by atoms with Gasteiger partial charge in [-0.3, -0.25) is 4.90 Å². The number of morpholine rings is 1. The second kappa shape index (κ2) is 4.88. The number of nitrogens with zero attached hydrogens (tertiary/aromatic N) is 1.